The zero-order chi connectivity index (χ0) is 11.0. The largest absolute Gasteiger partial charge is 0.479 e. The predicted molar refractivity (Wildman–Crippen MR) is 48.8 cm³/mol. The Kier molecular flexibility index (Phi) is 2.22. The second-order valence-corrected chi connectivity index (χ2v) is 3.26. The minimum absolute atomic E-state index is 0.0856. The van der Waals surface area contributed by atoms with Gasteiger partial charge in [0.2, 0.25) is 13.0 Å². The highest BCUT2D eigenvalue weighted by Crippen LogP contribution is 2.37. The highest BCUT2D eigenvalue weighted by atomic mass is 19.1. The van der Waals surface area contributed by atoms with Crippen molar-refractivity contribution in [3.8, 4) is 11.5 Å². The van der Waals surface area contributed by atoms with Crippen LogP contribution in [0.25, 0.3) is 0 Å². The number of rotatable bonds is 2. The predicted octanol–water partition coefficient (Wildman–Crippen LogP) is 1.82. The molecule has 5 heteroatoms. The number of benzene rings is 1. The van der Waals surface area contributed by atoms with E-state index in [4.69, 9.17) is 14.6 Å². The molecule has 15 heavy (non-hydrogen) atoms. The molecule has 0 bridgehead atoms. The number of aliphatic carboxylic acids is 1. The fourth-order valence-electron chi connectivity index (χ4n) is 1.47. The fraction of sp³-hybridized carbons (Fsp3) is 0.300. The SMILES string of the molecule is Cc1cc2c(cc1C(F)C(=O)O)OCO2. The van der Waals surface area contributed by atoms with E-state index in [1.165, 1.54) is 6.07 Å². The first kappa shape index (κ1) is 9.76. The van der Waals surface area contributed by atoms with E-state index < -0.39 is 12.1 Å². The summed E-state index contributed by atoms with van der Waals surface area (Å²) in [6, 6.07) is 2.95. The van der Waals surface area contributed by atoms with Crippen LogP contribution in [0.1, 0.15) is 17.3 Å². The summed E-state index contributed by atoms with van der Waals surface area (Å²) in [5.41, 5.74) is 0.640. The standard InChI is InChI=1S/C10H9FO4/c1-5-2-7-8(15-4-14-7)3-6(5)9(11)10(12)13/h2-3,9H,4H2,1H3,(H,12,13). The highest BCUT2D eigenvalue weighted by molar-refractivity contribution is 5.75. The van der Waals surface area contributed by atoms with Crippen LogP contribution in [0.4, 0.5) is 4.39 Å². The average molecular weight is 212 g/mol. The number of carbonyl (C=O) groups is 1. The first-order valence-electron chi connectivity index (χ1n) is 4.36. The van der Waals surface area contributed by atoms with Crippen molar-refractivity contribution in [2.24, 2.45) is 0 Å². The van der Waals surface area contributed by atoms with E-state index in [1.807, 2.05) is 0 Å². The van der Waals surface area contributed by atoms with Crippen LogP contribution in [0.3, 0.4) is 0 Å². The zero-order valence-corrected chi connectivity index (χ0v) is 7.99. The molecule has 0 aliphatic carbocycles. The number of hydrogen-bond donors (Lipinski definition) is 1. The molecule has 2 rings (SSSR count). The summed E-state index contributed by atoms with van der Waals surface area (Å²) < 4.78 is 23.4. The molecule has 0 saturated heterocycles. The second-order valence-electron chi connectivity index (χ2n) is 3.26. The topological polar surface area (TPSA) is 55.8 Å². The Labute approximate surface area is 85.2 Å². The van der Waals surface area contributed by atoms with Gasteiger partial charge in [-0.1, -0.05) is 0 Å². The first-order valence-corrected chi connectivity index (χ1v) is 4.36. The average Bonchev–Trinajstić information content (AvgIpc) is 2.62. The van der Waals surface area contributed by atoms with Gasteiger partial charge in [-0.3, -0.25) is 0 Å². The van der Waals surface area contributed by atoms with E-state index in [0.717, 1.165) is 0 Å². The minimum atomic E-state index is -2.03. The molecule has 4 nitrogen and oxygen atoms in total. The van der Waals surface area contributed by atoms with Crippen LogP contribution < -0.4 is 9.47 Å². The van der Waals surface area contributed by atoms with Crippen molar-refractivity contribution in [1.29, 1.82) is 0 Å². The lowest BCUT2D eigenvalue weighted by atomic mass is 10.0. The Morgan fingerprint density at radius 2 is 2.07 bits per heavy atom. The number of halogens is 1. The summed E-state index contributed by atoms with van der Waals surface area (Å²) in [7, 11) is 0. The smallest absolute Gasteiger partial charge is 0.343 e. The van der Waals surface area contributed by atoms with Crippen molar-refractivity contribution in [3.05, 3.63) is 23.3 Å². The third kappa shape index (κ3) is 1.60. The molecule has 0 radical (unpaired) electrons. The van der Waals surface area contributed by atoms with Crippen LogP contribution in [0.15, 0.2) is 12.1 Å². The van der Waals surface area contributed by atoms with Crippen LogP contribution in [0.2, 0.25) is 0 Å². The first-order chi connectivity index (χ1) is 7.09. The molecule has 1 aliphatic heterocycles. The Morgan fingerprint density at radius 3 is 2.67 bits per heavy atom. The Morgan fingerprint density at radius 1 is 1.47 bits per heavy atom. The van der Waals surface area contributed by atoms with Gasteiger partial charge in [-0.15, -0.1) is 0 Å². The van der Waals surface area contributed by atoms with Gasteiger partial charge in [0.1, 0.15) is 0 Å². The van der Waals surface area contributed by atoms with Crippen LogP contribution in [0.5, 0.6) is 11.5 Å². The van der Waals surface area contributed by atoms with Gasteiger partial charge in [0.15, 0.2) is 11.5 Å². The van der Waals surface area contributed by atoms with E-state index in [0.29, 0.717) is 17.1 Å². The Balaban J connectivity index is 2.44. The molecule has 1 aromatic carbocycles. The van der Waals surface area contributed by atoms with Gasteiger partial charge in [-0.2, -0.15) is 0 Å². The minimum Gasteiger partial charge on any atom is -0.479 e. The van der Waals surface area contributed by atoms with Gasteiger partial charge >= 0.3 is 5.97 Å². The van der Waals surface area contributed by atoms with Crippen molar-refractivity contribution in [2.75, 3.05) is 6.79 Å². The van der Waals surface area contributed by atoms with Gasteiger partial charge in [-0.05, 0) is 24.6 Å². The molecule has 1 heterocycles. The van der Waals surface area contributed by atoms with Gasteiger partial charge in [0.25, 0.3) is 0 Å². The molecule has 1 aromatic rings. The van der Waals surface area contributed by atoms with E-state index in [1.54, 1.807) is 13.0 Å². The molecule has 0 fully saturated rings. The third-order valence-electron chi connectivity index (χ3n) is 2.25. The quantitative estimate of drug-likeness (QED) is 0.812. The molecule has 1 N–H and O–H groups in total. The number of carboxylic acid groups (broad SMARTS) is 1. The number of alkyl halides is 1. The molecular formula is C10H9FO4. The summed E-state index contributed by atoms with van der Waals surface area (Å²) in [4.78, 5) is 10.5. The molecule has 0 spiro atoms. The lowest BCUT2D eigenvalue weighted by molar-refractivity contribution is -0.143. The Hall–Kier alpha value is -1.78. The Bertz CT molecular complexity index is 416. The van der Waals surface area contributed by atoms with E-state index >= 15 is 0 Å². The maximum Gasteiger partial charge on any atom is 0.343 e. The van der Waals surface area contributed by atoms with Gasteiger partial charge < -0.3 is 14.6 Å². The van der Waals surface area contributed by atoms with E-state index in [-0.39, 0.29) is 12.4 Å². The molecule has 1 aliphatic rings. The summed E-state index contributed by atoms with van der Waals surface area (Å²) >= 11 is 0. The molecular weight excluding hydrogens is 203 g/mol. The van der Waals surface area contributed by atoms with Crippen molar-refractivity contribution in [3.63, 3.8) is 0 Å². The van der Waals surface area contributed by atoms with E-state index in [9.17, 15) is 9.18 Å². The van der Waals surface area contributed by atoms with Gasteiger partial charge in [0, 0.05) is 5.56 Å². The van der Waals surface area contributed by atoms with Crippen molar-refractivity contribution < 1.29 is 23.8 Å². The van der Waals surface area contributed by atoms with Crippen molar-refractivity contribution in [1.82, 2.24) is 0 Å². The summed E-state index contributed by atoms with van der Waals surface area (Å²) in [6.45, 7) is 1.72. The normalized spacial score (nSPS) is 15.1. The maximum atomic E-state index is 13.3. The van der Waals surface area contributed by atoms with Crippen molar-refractivity contribution >= 4 is 5.97 Å². The lowest BCUT2D eigenvalue weighted by Crippen LogP contribution is -2.07. The molecule has 1 atom stereocenters. The summed E-state index contributed by atoms with van der Waals surface area (Å²) in [5.74, 6) is -0.592. The number of hydrogen-bond acceptors (Lipinski definition) is 3. The second kappa shape index (κ2) is 3.42. The fourth-order valence-corrected chi connectivity index (χ4v) is 1.47. The maximum absolute atomic E-state index is 13.3. The van der Waals surface area contributed by atoms with E-state index in [2.05, 4.69) is 0 Å². The van der Waals surface area contributed by atoms with Gasteiger partial charge in [0.05, 0.1) is 0 Å². The number of aryl methyl sites for hydroxylation is 1. The molecule has 1 unspecified atom stereocenters. The monoisotopic (exact) mass is 212 g/mol. The molecule has 0 amide bonds. The molecule has 80 valence electrons. The van der Waals surface area contributed by atoms with Crippen LogP contribution in [0, 0.1) is 6.92 Å². The summed E-state index contributed by atoms with van der Waals surface area (Å²) in [5, 5.41) is 8.56. The molecule has 0 saturated carbocycles. The van der Waals surface area contributed by atoms with Crippen LogP contribution in [-0.2, 0) is 4.79 Å². The lowest BCUT2D eigenvalue weighted by Gasteiger charge is -2.08. The summed E-state index contributed by atoms with van der Waals surface area (Å²) in [6.07, 6.45) is -2.03. The highest BCUT2D eigenvalue weighted by Gasteiger charge is 2.24. The van der Waals surface area contributed by atoms with Crippen LogP contribution >= 0.6 is 0 Å². The molecule has 0 aromatic heterocycles. The van der Waals surface area contributed by atoms with Gasteiger partial charge in [-0.25, -0.2) is 9.18 Å². The number of carboxylic acids is 1. The number of fused-ring (bicyclic) bond motifs is 1. The van der Waals surface area contributed by atoms with Crippen molar-refractivity contribution in [2.45, 2.75) is 13.1 Å². The zero-order valence-electron chi connectivity index (χ0n) is 7.99. The third-order valence-corrected chi connectivity index (χ3v) is 2.25. The number of ether oxygens (including phenoxy) is 2. The van der Waals surface area contributed by atoms with Crippen LogP contribution in [-0.4, -0.2) is 17.9 Å².